The second kappa shape index (κ2) is 17.3. The minimum atomic E-state index is -1.34. The summed E-state index contributed by atoms with van der Waals surface area (Å²) in [5.41, 5.74) is 11.6. The van der Waals surface area contributed by atoms with Crippen LogP contribution in [0.25, 0.3) is 72.4 Å². The fourth-order valence-electron chi connectivity index (χ4n) is 7.85. The van der Waals surface area contributed by atoms with Crippen molar-refractivity contribution < 1.29 is 28.9 Å². The molecule has 0 saturated carbocycles. The summed E-state index contributed by atoms with van der Waals surface area (Å²) in [7, 11) is -1.34. The maximum atomic E-state index is 14.4. The molecule has 3 aromatic heterocycles. The number of aromatic nitrogens is 3. The Bertz CT molecular complexity index is 2920. The number of nitrogens with zero attached hydrogens (tertiary/aromatic N) is 3. The molecule has 60 heavy (non-hydrogen) atoms. The molecule has 7 heteroatoms. The van der Waals surface area contributed by atoms with Crippen LogP contribution in [0.15, 0.2) is 144 Å². The Balaban J connectivity index is 0.000000220. The Hall–Kier alpha value is -5.46. The minimum Gasteiger partial charge on any atom is -0.501 e. The molecular weight excluding hydrogens is 934 g/mol. The van der Waals surface area contributed by atoms with E-state index in [1.165, 1.54) is 28.4 Å². The van der Waals surface area contributed by atoms with Gasteiger partial charge in [-0.15, -0.1) is 54.1 Å². The summed E-state index contributed by atoms with van der Waals surface area (Å²) in [6, 6.07) is 50.7. The zero-order valence-electron chi connectivity index (χ0n) is 35.5. The van der Waals surface area contributed by atoms with Crippen LogP contribution in [-0.4, -0.2) is 22.6 Å². The largest absolute Gasteiger partial charge is 0.501 e. The van der Waals surface area contributed by atoms with Crippen molar-refractivity contribution >= 4 is 46.2 Å². The first-order valence-electron chi connectivity index (χ1n) is 20.4. The number of fused-ring (bicyclic) bond motifs is 4. The Morgan fingerprint density at radius 3 is 2.25 bits per heavy atom. The molecule has 4 nitrogen and oxygen atoms in total. The van der Waals surface area contributed by atoms with Gasteiger partial charge in [0.2, 0.25) is 0 Å². The standard InChI is InChI=1S/C35H26FN2O.C18H24NSi.Ir/c1-35(2,3)23-16-18-30(28(20-23)22-10-5-4-6-11-22)38-31-19-17-24(36)21-29(31)37-34(38)27-14-9-13-26-25-12-7-8-15-32(25)39-33(26)27;1-14(2)11-16-12-17(15-9-7-6-8-10-15)19-13-18(16)20(3,4)5;/h4-13,15-21H,1-3H3;6-9,12-14H,11H2,1-5H3;/q2*-1;. The van der Waals surface area contributed by atoms with Crippen molar-refractivity contribution in [3.8, 4) is 39.5 Å². The molecule has 305 valence electrons. The molecule has 1 radical (unpaired) electrons. The van der Waals surface area contributed by atoms with Gasteiger partial charge in [0.15, 0.2) is 0 Å². The number of furan rings is 1. The average Bonchev–Trinajstić information content (AvgIpc) is 3.79. The van der Waals surface area contributed by atoms with Crippen molar-refractivity contribution in [3.63, 3.8) is 0 Å². The first kappa shape index (κ1) is 42.7. The molecule has 9 aromatic rings. The van der Waals surface area contributed by atoms with Crippen LogP contribution in [0, 0.1) is 23.9 Å². The summed E-state index contributed by atoms with van der Waals surface area (Å²) < 4.78 is 22.9. The van der Waals surface area contributed by atoms with E-state index in [0.717, 1.165) is 61.9 Å². The van der Waals surface area contributed by atoms with Crippen LogP contribution in [0.2, 0.25) is 19.6 Å². The molecule has 0 bridgehead atoms. The van der Waals surface area contributed by atoms with Crippen LogP contribution in [0.3, 0.4) is 0 Å². The van der Waals surface area contributed by atoms with E-state index < -0.39 is 8.07 Å². The third-order valence-electron chi connectivity index (χ3n) is 10.8. The molecule has 3 heterocycles. The molecule has 0 aliphatic carbocycles. The van der Waals surface area contributed by atoms with Gasteiger partial charge in [-0.2, -0.15) is 0 Å². The van der Waals surface area contributed by atoms with Crippen LogP contribution in [0.5, 0.6) is 0 Å². The maximum Gasteiger partial charge on any atom is 0.125 e. The monoisotopic (exact) mass is 984 g/mol. The Morgan fingerprint density at radius 1 is 0.783 bits per heavy atom. The van der Waals surface area contributed by atoms with Crippen LogP contribution in [0.1, 0.15) is 45.7 Å². The van der Waals surface area contributed by atoms with Gasteiger partial charge in [-0.05, 0) is 70.1 Å². The molecule has 0 fully saturated rings. The second-order valence-corrected chi connectivity index (χ2v) is 22.8. The Labute approximate surface area is 367 Å². The van der Waals surface area contributed by atoms with E-state index in [1.807, 2.05) is 66.7 Å². The molecule has 0 aliphatic heterocycles. The van der Waals surface area contributed by atoms with Crippen LogP contribution >= 0.6 is 0 Å². The molecule has 0 N–H and O–H groups in total. The summed E-state index contributed by atoms with van der Waals surface area (Å²) in [4.78, 5) is 9.66. The van der Waals surface area contributed by atoms with Gasteiger partial charge in [0.25, 0.3) is 0 Å². The van der Waals surface area contributed by atoms with Crippen molar-refractivity contribution in [2.75, 3.05) is 0 Å². The van der Waals surface area contributed by atoms with E-state index in [9.17, 15) is 4.39 Å². The minimum absolute atomic E-state index is 0. The molecule has 0 aliphatic rings. The van der Waals surface area contributed by atoms with E-state index in [4.69, 9.17) is 9.40 Å². The summed E-state index contributed by atoms with van der Waals surface area (Å²) in [6.07, 6.45) is 3.24. The zero-order valence-corrected chi connectivity index (χ0v) is 38.9. The predicted molar refractivity (Wildman–Crippen MR) is 247 cm³/mol. The topological polar surface area (TPSA) is 43.9 Å². The van der Waals surface area contributed by atoms with Crippen LogP contribution in [0.4, 0.5) is 4.39 Å². The van der Waals surface area contributed by atoms with Gasteiger partial charge in [-0.25, -0.2) is 4.39 Å². The van der Waals surface area contributed by atoms with Crippen molar-refractivity contribution in [1.29, 1.82) is 0 Å². The fourth-order valence-corrected chi connectivity index (χ4v) is 9.44. The fraction of sp³-hybridized carbons (Fsp3) is 0.208. The maximum absolute atomic E-state index is 14.4. The van der Waals surface area contributed by atoms with Gasteiger partial charge < -0.3 is 14.0 Å². The summed E-state index contributed by atoms with van der Waals surface area (Å²) in [5.74, 6) is 0.997. The molecule has 9 rings (SSSR count). The molecule has 6 aromatic carbocycles. The number of pyridine rings is 1. The van der Waals surface area contributed by atoms with Gasteiger partial charge >= 0.3 is 0 Å². The van der Waals surface area contributed by atoms with E-state index in [-0.39, 0.29) is 31.3 Å². The van der Waals surface area contributed by atoms with E-state index in [1.54, 1.807) is 6.07 Å². The van der Waals surface area contributed by atoms with Crippen molar-refractivity contribution in [3.05, 3.63) is 169 Å². The van der Waals surface area contributed by atoms with Crippen molar-refractivity contribution in [1.82, 2.24) is 14.5 Å². The first-order chi connectivity index (χ1) is 28.3. The third kappa shape index (κ3) is 8.71. The number of imidazole rings is 1. The van der Waals surface area contributed by atoms with Crippen molar-refractivity contribution in [2.24, 2.45) is 5.92 Å². The molecular formula is C53H50FIrN3OSi-2. The van der Waals surface area contributed by atoms with Crippen LogP contribution < -0.4 is 5.19 Å². The summed E-state index contributed by atoms with van der Waals surface area (Å²) in [6.45, 7) is 18.4. The smallest absolute Gasteiger partial charge is 0.125 e. The quantitative estimate of drug-likeness (QED) is 0.118. The molecule has 0 atom stereocenters. The SMILES string of the molecule is CC(C)(C)c1ccc(-n2c(-c3[c-]ccc4c3oc3ccccc34)nc3cc(F)ccc32)c(-c2ccccc2)c1.CC(C)Cc1cc(-c2[c-]cccc2)ncc1[Si](C)(C)C.[Ir]. The van der Waals surface area contributed by atoms with Crippen LogP contribution in [-0.2, 0) is 31.9 Å². The zero-order chi connectivity index (χ0) is 41.5. The molecule has 0 unspecified atom stereocenters. The number of hydrogen-bond donors (Lipinski definition) is 0. The number of para-hydroxylation sites is 1. The van der Waals surface area contributed by atoms with Gasteiger partial charge in [0.1, 0.15) is 11.4 Å². The average molecular weight is 984 g/mol. The molecule has 0 spiro atoms. The number of hydrogen-bond acceptors (Lipinski definition) is 3. The molecule has 0 amide bonds. The summed E-state index contributed by atoms with van der Waals surface area (Å²) in [5, 5.41) is 3.53. The Morgan fingerprint density at radius 2 is 1.53 bits per heavy atom. The predicted octanol–water partition coefficient (Wildman–Crippen LogP) is 13.8. The van der Waals surface area contributed by atoms with Gasteiger partial charge in [-0.3, -0.25) is 4.98 Å². The molecule has 0 saturated heterocycles. The van der Waals surface area contributed by atoms with E-state index in [2.05, 4.69) is 131 Å². The van der Waals surface area contributed by atoms with Crippen molar-refractivity contribution in [2.45, 2.75) is 66.1 Å². The van der Waals surface area contributed by atoms with Gasteiger partial charge in [0, 0.05) is 49.0 Å². The summed E-state index contributed by atoms with van der Waals surface area (Å²) >= 11 is 0. The number of rotatable bonds is 7. The van der Waals surface area contributed by atoms with Gasteiger partial charge in [-0.1, -0.05) is 131 Å². The second-order valence-electron chi connectivity index (χ2n) is 17.8. The third-order valence-corrected chi connectivity index (χ3v) is 12.8. The number of halogens is 1. The van der Waals surface area contributed by atoms with E-state index in [0.29, 0.717) is 22.8 Å². The number of benzene rings is 6. The normalized spacial score (nSPS) is 11.8. The Kier molecular flexibility index (Phi) is 12.3. The van der Waals surface area contributed by atoms with E-state index >= 15 is 0 Å². The van der Waals surface area contributed by atoms with Gasteiger partial charge in [0.05, 0.1) is 30.5 Å². The first-order valence-corrected chi connectivity index (χ1v) is 23.9.